The summed E-state index contributed by atoms with van der Waals surface area (Å²) in [7, 11) is 3.65. The molecule has 0 atom stereocenters. The van der Waals surface area contributed by atoms with Crippen molar-refractivity contribution in [2.24, 2.45) is 12.8 Å². The zero-order chi connectivity index (χ0) is 14.9. The number of benzene rings is 1. The Bertz CT molecular complexity index is 611. The number of nitrogens with zero attached hydrogens (tertiary/aromatic N) is 2. The molecule has 2 aromatic rings. The van der Waals surface area contributed by atoms with Gasteiger partial charge in [0.2, 0.25) is 0 Å². The predicted molar refractivity (Wildman–Crippen MR) is 85.1 cm³/mol. The number of hydrogen-bond donors (Lipinski definition) is 1. The van der Waals surface area contributed by atoms with Crippen LogP contribution in [0.1, 0.15) is 16.8 Å². The summed E-state index contributed by atoms with van der Waals surface area (Å²) in [6.45, 7) is 4.71. The van der Waals surface area contributed by atoms with Crippen LogP contribution >= 0.6 is 15.9 Å². The average Bonchev–Trinajstić information content (AvgIpc) is 2.67. The van der Waals surface area contributed by atoms with Gasteiger partial charge in [-0.1, -0.05) is 0 Å². The third-order valence-electron chi connectivity index (χ3n) is 3.42. The van der Waals surface area contributed by atoms with Gasteiger partial charge in [-0.3, -0.25) is 4.68 Å². The standard InChI is InChI=1S/C15H20BrN3O/c1-9-7-11(8-10(2)15(9)20-4)14-13(16)12(5-6-17)19(3)18-14/h7-8H,5-6,17H2,1-4H3. The summed E-state index contributed by atoms with van der Waals surface area (Å²) in [6.07, 6.45) is 0.804. The number of halogens is 1. The largest absolute Gasteiger partial charge is 0.496 e. The Morgan fingerprint density at radius 2 is 1.90 bits per heavy atom. The van der Waals surface area contributed by atoms with Crippen LogP contribution in [0.5, 0.6) is 5.75 Å². The van der Waals surface area contributed by atoms with Crippen molar-refractivity contribution in [1.82, 2.24) is 9.78 Å². The lowest BCUT2D eigenvalue weighted by molar-refractivity contribution is 0.408. The Kier molecular flexibility index (Phi) is 4.50. The minimum Gasteiger partial charge on any atom is -0.496 e. The fourth-order valence-corrected chi connectivity index (χ4v) is 3.30. The first-order chi connectivity index (χ1) is 9.49. The molecule has 0 amide bonds. The third-order valence-corrected chi connectivity index (χ3v) is 4.25. The number of hydrogen-bond acceptors (Lipinski definition) is 3. The van der Waals surface area contributed by atoms with Gasteiger partial charge in [0, 0.05) is 19.0 Å². The molecule has 0 aliphatic rings. The van der Waals surface area contributed by atoms with Crippen LogP contribution in [0.2, 0.25) is 0 Å². The molecular weight excluding hydrogens is 318 g/mol. The number of nitrogens with two attached hydrogens (primary N) is 1. The molecule has 0 spiro atoms. The molecule has 0 aliphatic heterocycles. The normalized spacial score (nSPS) is 10.9. The number of rotatable bonds is 4. The van der Waals surface area contributed by atoms with Crippen LogP contribution in [-0.4, -0.2) is 23.4 Å². The summed E-state index contributed by atoms with van der Waals surface area (Å²) in [5.74, 6) is 0.933. The van der Waals surface area contributed by atoms with Gasteiger partial charge in [0.05, 0.1) is 17.3 Å². The molecule has 1 aromatic carbocycles. The minimum absolute atomic E-state index is 0.609. The fraction of sp³-hybridized carbons (Fsp3) is 0.400. The minimum atomic E-state index is 0.609. The van der Waals surface area contributed by atoms with Crippen LogP contribution in [-0.2, 0) is 13.5 Å². The van der Waals surface area contributed by atoms with Crippen molar-refractivity contribution in [2.75, 3.05) is 13.7 Å². The molecular formula is C15H20BrN3O. The number of ether oxygens (including phenoxy) is 1. The maximum absolute atomic E-state index is 5.65. The van der Waals surface area contributed by atoms with Gasteiger partial charge in [-0.05, 0) is 59.6 Å². The summed E-state index contributed by atoms with van der Waals surface area (Å²) in [4.78, 5) is 0. The maximum atomic E-state index is 5.65. The summed E-state index contributed by atoms with van der Waals surface area (Å²) < 4.78 is 8.32. The Hall–Kier alpha value is -1.33. The number of aryl methyl sites for hydroxylation is 3. The van der Waals surface area contributed by atoms with Gasteiger partial charge in [-0.2, -0.15) is 5.10 Å². The van der Waals surface area contributed by atoms with E-state index in [-0.39, 0.29) is 0 Å². The Morgan fingerprint density at radius 1 is 1.30 bits per heavy atom. The van der Waals surface area contributed by atoms with Gasteiger partial charge in [0.25, 0.3) is 0 Å². The molecule has 0 saturated heterocycles. The van der Waals surface area contributed by atoms with Gasteiger partial charge in [0.1, 0.15) is 11.4 Å². The summed E-state index contributed by atoms with van der Waals surface area (Å²) in [5, 5.41) is 4.61. The second-order valence-corrected chi connectivity index (χ2v) is 5.71. The van der Waals surface area contributed by atoms with Gasteiger partial charge < -0.3 is 10.5 Å². The van der Waals surface area contributed by atoms with Gasteiger partial charge in [-0.15, -0.1) is 0 Å². The summed E-state index contributed by atoms with van der Waals surface area (Å²) in [6, 6.07) is 4.20. The molecule has 108 valence electrons. The van der Waals surface area contributed by atoms with Crippen LogP contribution in [0.25, 0.3) is 11.3 Å². The van der Waals surface area contributed by atoms with Crippen molar-refractivity contribution < 1.29 is 4.74 Å². The van der Waals surface area contributed by atoms with E-state index >= 15 is 0 Å². The van der Waals surface area contributed by atoms with E-state index in [4.69, 9.17) is 10.5 Å². The highest BCUT2D eigenvalue weighted by Gasteiger charge is 2.16. The molecule has 5 heteroatoms. The van der Waals surface area contributed by atoms with Crippen LogP contribution in [0.3, 0.4) is 0 Å². The van der Waals surface area contributed by atoms with Gasteiger partial charge in [0.15, 0.2) is 0 Å². The number of methoxy groups -OCH3 is 1. The zero-order valence-electron chi connectivity index (χ0n) is 12.3. The van der Waals surface area contributed by atoms with Gasteiger partial charge >= 0.3 is 0 Å². The van der Waals surface area contributed by atoms with Crippen molar-refractivity contribution in [3.63, 3.8) is 0 Å². The first-order valence-corrected chi connectivity index (χ1v) is 7.36. The van der Waals surface area contributed by atoms with E-state index in [1.54, 1.807) is 7.11 Å². The third kappa shape index (κ3) is 2.60. The lowest BCUT2D eigenvalue weighted by atomic mass is 10.0. The van der Waals surface area contributed by atoms with E-state index in [0.717, 1.165) is 44.7 Å². The zero-order valence-corrected chi connectivity index (χ0v) is 13.9. The second-order valence-electron chi connectivity index (χ2n) is 4.91. The molecule has 0 saturated carbocycles. The molecule has 0 bridgehead atoms. The Balaban J connectivity index is 2.55. The SMILES string of the molecule is COc1c(C)cc(-c2nn(C)c(CCN)c2Br)cc1C. The molecule has 0 radical (unpaired) electrons. The van der Waals surface area contributed by atoms with Crippen LogP contribution in [0.15, 0.2) is 16.6 Å². The summed E-state index contributed by atoms with van der Waals surface area (Å²) >= 11 is 3.65. The average molecular weight is 338 g/mol. The molecule has 4 nitrogen and oxygen atoms in total. The van der Waals surface area contributed by atoms with Crippen LogP contribution in [0.4, 0.5) is 0 Å². The van der Waals surface area contributed by atoms with Crippen molar-refractivity contribution in [3.05, 3.63) is 33.4 Å². The molecule has 0 fully saturated rings. The molecule has 0 aliphatic carbocycles. The van der Waals surface area contributed by atoms with Crippen molar-refractivity contribution in [3.8, 4) is 17.0 Å². The quantitative estimate of drug-likeness (QED) is 0.932. The predicted octanol–water partition coefficient (Wildman–Crippen LogP) is 2.98. The maximum Gasteiger partial charge on any atom is 0.124 e. The Morgan fingerprint density at radius 3 is 2.40 bits per heavy atom. The van der Waals surface area contributed by atoms with E-state index in [9.17, 15) is 0 Å². The smallest absolute Gasteiger partial charge is 0.124 e. The van der Waals surface area contributed by atoms with Crippen molar-refractivity contribution >= 4 is 15.9 Å². The van der Waals surface area contributed by atoms with E-state index in [0.29, 0.717) is 6.54 Å². The second kappa shape index (κ2) is 5.97. The highest BCUT2D eigenvalue weighted by atomic mass is 79.9. The summed E-state index contributed by atoms with van der Waals surface area (Å²) in [5.41, 5.74) is 11.0. The van der Waals surface area contributed by atoms with Crippen LogP contribution < -0.4 is 10.5 Å². The van der Waals surface area contributed by atoms with Crippen molar-refractivity contribution in [1.29, 1.82) is 0 Å². The lowest BCUT2D eigenvalue weighted by Crippen LogP contribution is -2.07. The van der Waals surface area contributed by atoms with Crippen molar-refractivity contribution in [2.45, 2.75) is 20.3 Å². The van der Waals surface area contributed by atoms with E-state index in [1.807, 2.05) is 25.6 Å². The highest BCUT2D eigenvalue weighted by molar-refractivity contribution is 9.10. The molecule has 0 unspecified atom stereocenters. The lowest BCUT2D eigenvalue weighted by Gasteiger charge is -2.10. The van der Waals surface area contributed by atoms with E-state index < -0.39 is 0 Å². The topological polar surface area (TPSA) is 53.1 Å². The molecule has 2 N–H and O–H groups in total. The molecule has 2 rings (SSSR count). The van der Waals surface area contributed by atoms with E-state index in [1.165, 1.54) is 0 Å². The first kappa shape index (κ1) is 15.1. The molecule has 1 aromatic heterocycles. The van der Waals surface area contributed by atoms with Crippen LogP contribution in [0, 0.1) is 13.8 Å². The van der Waals surface area contributed by atoms with E-state index in [2.05, 4.69) is 33.2 Å². The molecule has 20 heavy (non-hydrogen) atoms. The fourth-order valence-electron chi connectivity index (χ4n) is 2.53. The molecule has 1 heterocycles. The highest BCUT2D eigenvalue weighted by Crippen LogP contribution is 2.34. The first-order valence-electron chi connectivity index (χ1n) is 6.56. The van der Waals surface area contributed by atoms with Gasteiger partial charge in [-0.25, -0.2) is 0 Å². The monoisotopic (exact) mass is 337 g/mol. The number of aromatic nitrogens is 2. The Labute approximate surface area is 128 Å².